The summed E-state index contributed by atoms with van der Waals surface area (Å²) < 4.78 is 16.3. The minimum Gasteiger partial charge on any atom is -0.486 e. The molecule has 0 aliphatic carbocycles. The highest BCUT2D eigenvalue weighted by molar-refractivity contribution is 5.92. The third-order valence-corrected chi connectivity index (χ3v) is 3.69. The molecule has 1 amide bonds. The molecule has 0 saturated heterocycles. The van der Waals surface area contributed by atoms with Gasteiger partial charge in [-0.2, -0.15) is 5.26 Å². The summed E-state index contributed by atoms with van der Waals surface area (Å²) in [6, 6.07) is 11.0. The Morgan fingerprint density at radius 1 is 1.24 bits per heavy atom. The molecule has 1 aromatic carbocycles. The Morgan fingerprint density at radius 2 is 2.08 bits per heavy atom. The number of hydrogen-bond donors (Lipinski definition) is 1. The summed E-state index contributed by atoms with van der Waals surface area (Å²) in [6.45, 7) is 2.15. The first-order chi connectivity index (χ1) is 12.2. The van der Waals surface area contributed by atoms with Gasteiger partial charge < -0.3 is 19.2 Å². The third-order valence-electron chi connectivity index (χ3n) is 3.69. The quantitative estimate of drug-likeness (QED) is 0.832. The van der Waals surface area contributed by atoms with Gasteiger partial charge in [0.25, 0.3) is 0 Å². The number of nitriles is 1. The fourth-order valence-corrected chi connectivity index (χ4v) is 2.57. The van der Waals surface area contributed by atoms with Gasteiger partial charge in [-0.25, -0.2) is 0 Å². The first-order valence-electron chi connectivity index (χ1n) is 8.06. The van der Waals surface area contributed by atoms with Gasteiger partial charge in [0.05, 0.1) is 25.4 Å². The van der Waals surface area contributed by atoms with E-state index in [4.69, 9.17) is 19.2 Å². The lowest BCUT2D eigenvalue weighted by Gasteiger charge is -2.21. The Hall–Kier alpha value is -2.98. The lowest BCUT2D eigenvalue weighted by molar-refractivity contribution is -0.117. The number of nitrogens with one attached hydrogen (secondary N) is 1. The van der Waals surface area contributed by atoms with Crippen molar-refractivity contribution >= 4 is 11.6 Å². The average Bonchev–Trinajstić information content (AvgIpc) is 3.12. The molecule has 25 heavy (non-hydrogen) atoms. The summed E-state index contributed by atoms with van der Waals surface area (Å²) in [5, 5.41) is 11.6. The molecule has 0 bridgehead atoms. The number of nitrogens with zero attached hydrogens (tertiary/aromatic N) is 2. The van der Waals surface area contributed by atoms with Crippen molar-refractivity contribution in [3.8, 4) is 17.6 Å². The molecule has 0 atom stereocenters. The maximum absolute atomic E-state index is 12.3. The largest absolute Gasteiger partial charge is 0.486 e. The van der Waals surface area contributed by atoms with Gasteiger partial charge in [-0.05, 0) is 24.3 Å². The second kappa shape index (κ2) is 8.22. The predicted octanol–water partition coefficient (Wildman–Crippen LogP) is 2.41. The topological polar surface area (TPSA) is 87.7 Å². The number of amides is 1. The van der Waals surface area contributed by atoms with Gasteiger partial charge in [-0.15, -0.1) is 0 Å². The van der Waals surface area contributed by atoms with Gasteiger partial charge in [0.1, 0.15) is 19.0 Å². The van der Waals surface area contributed by atoms with Crippen LogP contribution in [0.25, 0.3) is 0 Å². The minimum atomic E-state index is -0.166. The Morgan fingerprint density at radius 3 is 2.84 bits per heavy atom. The minimum absolute atomic E-state index is 0.164. The highest BCUT2D eigenvalue weighted by atomic mass is 16.6. The average molecular weight is 341 g/mol. The van der Waals surface area contributed by atoms with Crippen molar-refractivity contribution in [2.45, 2.75) is 13.0 Å². The van der Waals surface area contributed by atoms with Gasteiger partial charge in [-0.3, -0.25) is 9.69 Å². The number of ether oxygens (including phenoxy) is 2. The number of furan rings is 1. The summed E-state index contributed by atoms with van der Waals surface area (Å²) in [4.78, 5) is 14.2. The first kappa shape index (κ1) is 16.9. The van der Waals surface area contributed by atoms with Crippen LogP contribution in [0.2, 0.25) is 0 Å². The first-order valence-corrected chi connectivity index (χ1v) is 8.06. The monoisotopic (exact) mass is 341 g/mol. The SMILES string of the molecule is N#CCCN(CC(=O)Nc1ccc2c(c1)OCCO2)Cc1ccco1. The third kappa shape index (κ3) is 4.75. The lowest BCUT2D eigenvalue weighted by Crippen LogP contribution is -2.33. The molecule has 7 nitrogen and oxygen atoms in total. The van der Waals surface area contributed by atoms with E-state index in [0.29, 0.717) is 49.9 Å². The number of carbonyl (C=O) groups excluding carboxylic acids is 1. The van der Waals surface area contributed by atoms with E-state index in [1.165, 1.54) is 0 Å². The predicted molar refractivity (Wildman–Crippen MR) is 90.3 cm³/mol. The van der Waals surface area contributed by atoms with Crippen LogP contribution in [0, 0.1) is 11.3 Å². The van der Waals surface area contributed by atoms with Crippen LogP contribution in [0.15, 0.2) is 41.0 Å². The number of hydrogen-bond acceptors (Lipinski definition) is 6. The van der Waals surface area contributed by atoms with Crippen LogP contribution < -0.4 is 14.8 Å². The van der Waals surface area contributed by atoms with Crippen molar-refractivity contribution in [1.29, 1.82) is 5.26 Å². The summed E-state index contributed by atoms with van der Waals surface area (Å²) in [6.07, 6.45) is 1.94. The van der Waals surface area contributed by atoms with Gasteiger partial charge >= 0.3 is 0 Å². The van der Waals surface area contributed by atoms with E-state index in [1.54, 1.807) is 30.5 Å². The molecule has 2 heterocycles. The molecule has 2 aromatic rings. The highest BCUT2D eigenvalue weighted by Gasteiger charge is 2.15. The smallest absolute Gasteiger partial charge is 0.238 e. The van der Waals surface area contributed by atoms with E-state index in [9.17, 15) is 4.79 Å². The number of benzene rings is 1. The lowest BCUT2D eigenvalue weighted by atomic mass is 10.2. The van der Waals surface area contributed by atoms with Crippen molar-refractivity contribution < 1.29 is 18.7 Å². The Kier molecular flexibility index (Phi) is 5.54. The van der Waals surface area contributed by atoms with Gasteiger partial charge in [-0.1, -0.05) is 0 Å². The normalized spacial score (nSPS) is 12.6. The van der Waals surface area contributed by atoms with Crippen LogP contribution in [0.3, 0.4) is 0 Å². The molecule has 3 rings (SSSR count). The zero-order chi connectivity index (χ0) is 17.5. The number of anilines is 1. The molecular formula is C18H19N3O4. The van der Waals surface area contributed by atoms with E-state index in [0.717, 1.165) is 5.76 Å². The molecule has 0 saturated carbocycles. The molecule has 0 spiro atoms. The van der Waals surface area contributed by atoms with Crippen molar-refractivity contribution in [3.63, 3.8) is 0 Å². The standard InChI is InChI=1S/C18H19N3O4/c19-6-2-7-21(12-15-3-1-8-23-15)13-18(22)20-14-4-5-16-17(11-14)25-10-9-24-16/h1,3-5,8,11H,2,7,9-10,12-13H2,(H,20,22). The Balaban J connectivity index is 1.59. The molecule has 1 aliphatic heterocycles. The number of carbonyl (C=O) groups is 1. The van der Waals surface area contributed by atoms with Crippen molar-refractivity contribution in [3.05, 3.63) is 42.4 Å². The van der Waals surface area contributed by atoms with E-state index in [1.807, 2.05) is 11.0 Å². The maximum atomic E-state index is 12.3. The van der Waals surface area contributed by atoms with Gasteiger partial charge in [0.2, 0.25) is 5.91 Å². The van der Waals surface area contributed by atoms with Crippen LogP contribution in [-0.4, -0.2) is 37.1 Å². The van der Waals surface area contributed by atoms with Crippen LogP contribution in [0.1, 0.15) is 12.2 Å². The van der Waals surface area contributed by atoms with E-state index in [2.05, 4.69) is 11.4 Å². The second-order valence-corrected chi connectivity index (χ2v) is 5.60. The van der Waals surface area contributed by atoms with Crippen molar-refractivity contribution in [2.75, 3.05) is 31.6 Å². The van der Waals surface area contributed by atoms with Crippen molar-refractivity contribution in [1.82, 2.24) is 4.90 Å². The fraction of sp³-hybridized carbons (Fsp3) is 0.333. The summed E-state index contributed by atoms with van der Waals surface area (Å²) >= 11 is 0. The molecular weight excluding hydrogens is 322 g/mol. The molecule has 7 heteroatoms. The molecule has 0 unspecified atom stereocenters. The molecule has 1 N–H and O–H groups in total. The molecule has 1 aliphatic rings. The number of rotatable bonds is 7. The van der Waals surface area contributed by atoms with Crippen LogP contribution in [-0.2, 0) is 11.3 Å². The van der Waals surface area contributed by atoms with E-state index in [-0.39, 0.29) is 12.5 Å². The molecule has 130 valence electrons. The summed E-state index contributed by atoms with van der Waals surface area (Å²) in [5.41, 5.74) is 0.646. The van der Waals surface area contributed by atoms with E-state index >= 15 is 0 Å². The highest BCUT2D eigenvalue weighted by Crippen LogP contribution is 2.32. The molecule has 1 aromatic heterocycles. The summed E-state index contributed by atoms with van der Waals surface area (Å²) in [5.74, 6) is 1.89. The maximum Gasteiger partial charge on any atom is 0.238 e. The molecule has 0 radical (unpaired) electrons. The number of fused-ring (bicyclic) bond motifs is 1. The second-order valence-electron chi connectivity index (χ2n) is 5.60. The Bertz CT molecular complexity index is 752. The Labute approximate surface area is 145 Å². The van der Waals surface area contributed by atoms with Crippen LogP contribution in [0.4, 0.5) is 5.69 Å². The zero-order valence-corrected chi connectivity index (χ0v) is 13.7. The molecule has 0 fully saturated rings. The van der Waals surface area contributed by atoms with Crippen LogP contribution >= 0.6 is 0 Å². The van der Waals surface area contributed by atoms with E-state index < -0.39 is 0 Å². The van der Waals surface area contributed by atoms with Crippen molar-refractivity contribution in [2.24, 2.45) is 0 Å². The fourth-order valence-electron chi connectivity index (χ4n) is 2.57. The van der Waals surface area contributed by atoms with Gasteiger partial charge in [0.15, 0.2) is 11.5 Å². The van der Waals surface area contributed by atoms with Crippen LogP contribution in [0.5, 0.6) is 11.5 Å². The zero-order valence-electron chi connectivity index (χ0n) is 13.7. The van der Waals surface area contributed by atoms with Gasteiger partial charge in [0, 0.05) is 24.7 Å². The summed E-state index contributed by atoms with van der Waals surface area (Å²) in [7, 11) is 0.